The molecule has 13 heavy (non-hydrogen) atoms. The van der Waals surface area contributed by atoms with Gasteiger partial charge in [0, 0.05) is 6.08 Å². The number of rotatable bonds is 3. The first-order valence-electron chi connectivity index (χ1n) is 3.79. The van der Waals surface area contributed by atoms with Crippen molar-refractivity contribution in [3.05, 3.63) is 33.8 Å². The molecule has 0 radical (unpaired) electrons. The van der Waals surface area contributed by atoms with Gasteiger partial charge in [0.25, 0.3) is 0 Å². The Kier molecular flexibility index (Phi) is 1.78. The molecule has 0 saturated heterocycles. The van der Waals surface area contributed by atoms with Crippen LogP contribution in [-0.2, 0) is 14.6 Å². The number of fused-ring (bicyclic) bond motifs is 2. The summed E-state index contributed by atoms with van der Waals surface area (Å²) in [5.41, 5.74) is 0. The number of ether oxygens (including phenoxy) is 1. The summed E-state index contributed by atoms with van der Waals surface area (Å²) in [6.07, 6.45) is 4.52. The van der Waals surface area contributed by atoms with Crippen molar-refractivity contribution in [2.45, 2.75) is 0 Å². The first kappa shape index (κ1) is 8.52. The number of hydrogen-bond donors (Lipinski definition) is 1. The third-order valence-corrected chi connectivity index (χ3v) is 3.65. The summed E-state index contributed by atoms with van der Waals surface area (Å²) >= 11 is 0. The SMILES string of the molecule is O=S1(=O)C2=CC(OCCO)=C1C=C2. The summed E-state index contributed by atoms with van der Waals surface area (Å²) in [6, 6.07) is 0. The maximum absolute atomic E-state index is 11.4. The van der Waals surface area contributed by atoms with Crippen LogP contribution in [0.25, 0.3) is 0 Å². The Hall–Kier alpha value is -1.07. The summed E-state index contributed by atoms with van der Waals surface area (Å²) < 4.78 is 27.8. The lowest BCUT2D eigenvalue weighted by atomic mass is 10.3. The second-order valence-corrected chi connectivity index (χ2v) is 4.60. The molecule has 5 heteroatoms. The Morgan fingerprint density at radius 2 is 2.15 bits per heavy atom. The van der Waals surface area contributed by atoms with Gasteiger partial charge in [-0.15, -0.1) is 0 Å². The highest BCUT2D eigenvalue weighted by Gasteiger charge is 2.34. The van der Waals surface area contributed by atoms with Crippen LogP contribution in [0.1, 0.15) is 0 Å². The zero-order valence-corrected chi connectivity index (χ0v) is 7.54. The minimum atomic E-state index is -3.25. The highest BCUT2D eigenvalue weighted by molar-refractivity contribution is 8.00. The third-order valence-electron chi connectivity index (χ3n) is 1.86. The molecule has 0 atom stereocenters. The number of hydrogen-bond acceptors (Lipinski definition) is 4. The molecule has 0 spiro atoms. The molecule has 0 saturated carbocycles. The summed E-state index contributed by atoms with van der Waals surface area (Å²) in [5.74, 6) is 0.339. The van der Waals surface area contributed by atoms with Crippen LogP contribution in [0.5, 0.6) is 0 Å². The van der Waals surface area contributed by atoms with Gasteiger partial charge in [0.1, 0.15) is 17.3 Å². The molecule has 0 fully saturated rings. The van der Waals surface area contributed by atoms with Crippen molar-refractivity contribution in [3.63, 3.8) is 0 Å². The maximum Gasteiger partial charge on any atom is 0.210 e. The zero-order valence-electron chi connectivity index (χ0n) is 6.73. The topological polar surface area (TPSA) is 63.6 Å². The van der Waals surface area contributed by atoms with Crippen molar-refractivity contribution in [3.8, 4) is 0 Å². The average molecular weight is 200 g/mol. The van der Waals surface area contributed by atoms with Crippen LogP contribution in [0.15, 0.2) is 33.8 Å². The number of allylic oxidation sites excluding steroid dienone is 3. The van der Waals surface area contributed by atoms with Crippen LogP contribution in [0.3, 0.4) is 0 Å². The first-order valence-corrected chi connectivity index (χ1v) is 5.27. The molecule has 2 aliphatic heterocycles. The van der Waals surface area contributed by atoms with Gasteiger partial charge in [0.2, 0.25) is 9.84 Å². The molecular weight excluding hydrogens is 192 g/mol. The van der Waals surface area contributed by atoms with Crippen LogP contribution in [0.4, 0.5) is 0 Å². The van der Waals surface area contributed by atoms with E-state index in [-0.39, 0.29) is 23.0 Å². The number of sulfone groups is 1. The molecule has 4 nitrogen and oxygen atoms in total. The summed E-state index contributed by atoms with van der Waals surface area (Å²) in [5, 5.41) is 8.49. The number of aliphatic hydroxyl groups is 1. The normalized spacial score (nSPS) is 22.4. The Bertz CT molecular complexity index is 425. The fraction of sp³-hybridized carbons (Fsp3) is 0.250. The maximum atomic E-state index is 11.4. The van der Waals surface area contributed by atoms with E-state index in [1.807, 2.05) is 0 Å². The quantitative estimate of drug-likeness (QED) is 0.701. The summed E-state index contributed by atoms with van der Waals surface area (Å²) in [6.45, 7) is -0.00428. The number of aliphatic hydroxyl groups excluding tert-OH is 1. The highest BCUT2D eigenvalue weighted by Crippen LogP contribution is 2.37. The Labute approximate surface area is 75.7 Å². The van der Waals surface area contributed by atoms with E-state index >= 15 is 0 Å². The van der Waals surface area contributed by atoms with Crippen LogP contribution >= 0.6 is 0 Å². The monoisotopic (exact) mass is 200 g/mol. The summed E-state index contributed by atoms with van der Waals surface area (Å²) in [4.78, 5) is 0.478. The van der Waals surface area contributed by atoms with E-state index in [4.69, 9.17) is 9.84 Å². The lowest BCUT2D eigenvalue weighted by Crippen LogP contribution is -2.00. The standard InChI is InChI=1S/C8H8O4S/c9-3-4-12-7-5-6-1-2-8(7)13(6,10)11/h1-2,5,9H,3-4H2. The second-order valence-electron chi connectivity index (χ2n) is 2.68. The van der Waals surface area contributed by atoms with Crippen molar-refractivity contribution < 1.29 is 18.3 Å². The van der Waals surface area contributed by atoms with Crippen molar-refractivity contribution in [1.29, 1.82) is 0 Å². The fourth-order valence-electron chi connectivity index (χ4n) is 1.27. The van der Waals surface area contributed by atoms with Crippen LogP contribution in [0, 0.1) is 0 Å². The van der Waals surface area contributed by atoms with Crippen LogP contribution in [-0.4, -0.2) is 26.7 Å². The molecule has 2 bridgehead atoms. The van der Waals surface area contributed by atoms with E-state index in [1.165, 1.54) is 18.2 Å². The van der Waals surface area contributed by atoms with E-state index in [9.17, 15) is 8.42 Å². The van der Waals surface area contributed by atoms with Gasteiger partial charge in [-0.1, -0.05) is 0 Å². The van der Waals surface area contributed by atoms with E-state index in [0.717, 1.165) is 0 Å². The van der Waals surface area contributed by atoms with Crippen molar-refractivity contribution >= 4 is 9.84 Å². The first-order chi connectivity index (χ1) is 6.16. The Balaban J connectivity index is 2.34. The van der Waals surface area contributed by atoms with Gasteiger partial charge in [0.15, 0.2) is 0 Å². The van der Waals surface area contributed by atoms with E-state index in [2.05, 4.69) is 0 Å². The molecular formula is C8H8O4S. The van der Waals surface area contributed by atoms with Crippen molar-refractivity contribution in [2.24, 2.45) is 0 Å². The van der Waals surface area contributed by atoms with Gasteiger partial charge in [-0.05, 0) is 12.2 Å². The predicted octanol–water partition coefficient (Wildman–Crippen LogP) is 0.0890. The van der Waals surface area contributed by atoms with Gasteiger partial charge in [-0.25, -0.2) is 8.42 Å². The van der Waals surface area contributed by atoms with Crippen LogP contribution in [0.2, 0.25) is 0 Å². The molecule has 1 N–H and O–H groups in total. The molecule has 70 valence electrons. The molecule has 0 aromatic rings. The molecule has 0 unspecified atom stereocenters. The molecule has 0 aliphatic carbocycles. The molecule has 2 heterocycles. The van der Waals surface area contributed by atoms with Gasteiger partial charge in [-0.3, -0.25) is 0 Å². The van der Waals surface area contributed by atoms with Crippen molar-refractivity contribution in [2.75, 3.05) is 13.2 Å². The second kappa shape index (κ2) is 2.71. The van der Waals surface area contributed by atoms with Crippen molar-refractivity contribution in [1.82, 2.24) is 0 Å². The Morgan fingerprint density at radius 3 is 2.62 bits per heavy atom. The molecule has 0 aromatic heterocycles. The Morgan fingerprint density at radius 1 is 1.38 bits per heavy atom. The molecule has 0 aromatic carbocycles. The zero-order chi connectivity index (χ0) is 9.47. The summed E-state index contributed by atoms with van der Waals surface area (Å²) in [7, 11) is -3.25. The van der Waals surface area contributed by atoms with Gasteiger partial charge >= 0.3 is 0 Å². The van der Waals surface area contributed by atoms with Gasteiger partial charge in [0.05, 0.1) is 11.5 Å². The minimum absolute atomic E-state index is 0.117. The molecule has 0 amide bonds. The largest absolute Gasteiger partial charge is 0.490 e. The highest BCUT2D eigenvalue weighted by atomic mass is 32.2. The van der Waals surface area contributed by atoms with E-state index < -0.39 is 9.84 Å². The van der Waals surface area contributed by atoms with E-state index in [0.29, 0.717) is 5.76 Å². The average Bonchev–Trinajstić information content (AvgIpc) is 2.52. The van der Waals surface area contributed by atoms with Gasteiger partial charge < -0.3 is 9.84 Å². The molecule has 2 aliphatic rings. The predicted molar refractivity (Wildman–Crippen MR) is 46.2 cm³/mol. The van der Waals surface area contributed by atoms with Crippen LogP contribution < -0.4 is 0 Å². The molecule has 2 rings (SSSR count). The van der Waals surface area contributed by atoms with Gasteiger partial charge in [-0.2, -0.15) is 0 Å². The smallest absolute Gasteiger partial charge is 0.210 e. The lowest BCUT2D eigenvalue weighted by molar-refractivity contribution is 0.152. The van der Waals surface area contributed by atoms with E-state index in [1.54, 1.807) is 0 Å². The minimum Gasteiger partial charge on any atom is -0.490 e. The fourth-order valence-corrected chi connectivity index (χ4v) is 2.67. The lowest BCUT2D eigenvalue weighted by Gasteiger charge is -2.03. The third kappa shape index (κ3) is 1.12.